The third-order valence-electron chi connectivity index (χ3n) is 3.73. The summed E-state index contributed by atoms with van der Waals surface area (Å²) in [6.07, 6.45) is 8.74. The molecule has 0 aliphatic rings. The first-order chi connectivity index (χ1) is 9.36. The van der Waals surface area contributed by atoms with Crippen molar-refractivity contribution in [1.82, 2.24) is 9.78 Å². The van der Waals surface area contributed by atoms with Crippen LogP contribution in [0.3, 0.4) is 0 Å². The molecule has 0 radical (unpaired) electrons. The van der Waals surface area contributed by atoms with E-state index < -0.39 is 0 Å². The molecule has 0 aliphatic carbocycles. The highest BCUT2D eigenvalue weighted by Crippen LogP contribution is 2.20. The average molecular weight is 258 g/mol. The van der Waals surface area contributed by atoms with E-state index in [9.17, 15) is 0 Å². The Bertz CT molecular complexity index is 455. The predicted molar refractivity (Wildman–Crippen MR) is 82.5 cm³/mol. The quantitative estimate of drug-likeness (QED) is 0.612. The van der Waals surface area contributed by atoms with Crippen molar-refractivity contribution >= 4 is 10.9 Å². The minimum Gasteiger partial charge on any atom is -0.265 e. The van der Waals surface area contributed by atoms with E-state index in [1.807, 2.05) is 0 Å². The van der Waals surface area contributed by atoms with Gasteiger partial charge in [-0.05, 0) is 25.3 Å². The highest BCUT2D eigenvalue weighted by molar-refractivity contribution is 5.81. The monoisotopic (exact) mass is 258 g/mol. The second-order valence-corrected chi connectivity index (χ2v) is 5.35. The van der Waals surface area contributed by atoms with Gasteiger partial charge < -0.3 is 0 Å². The number of para-hydroxylation sites is 1. The summed E-state index contributed by atoms with van der Waals surface area (Å²) in [5.74, 6) is 0. The SMILES string of the molecule is CCCCCc1nn(CCCCC)c2ccccc12. The van der Waals surface area contributed by atoms with Crippen molar-refractivity contribution in [3.05, 3.63) is 30.0 Å². The van der Waals surface area contributed by atoms with Gasteiger partial charge in [0, 0.05) is 11.9 Å². The van der Waals surface area contributed by atoms with Crippen LogP contribution in [0.25, 0.3) is 10.9 Å². The lowest BCUT2D eigenvalue weighted by Gasteiger charge is -2.02. The number of aromatic nitrogens is 2. The van der Waals surface area contributed by atoms with Crippen LogP contribution in [0.15, 0.2) is 24.3 Å². The third-order valence-corrected chi connectivity index (χ3v) is 3.73. The highest BCUT2D eigenvalue weighted by Gasteiger charge is 2.09. The summed E-state index contributed by atoms with van der Waals surface area (Å²) < 4.78 is 2.21. The molecule has 2 heteroatoms. The zero-order chi connectivity index (χ0) is 13.5. The summed E-state index contributed by atoms with van der Waals surface area (Å²) in [5, 5.41) is 6.21. The zero-order valence-electron chi connectivity index (χ0n) is 12.4. The van der Waals surface area contributed by atoms with Gasteiger partial charge in [0.15, 0.2) is 0 Å². The fourth-order valence-corrected chi connectivity index (χ4v) is 2.61. The Labute approximate surface area is 116 Å². The van der Waals surface area contributed by atoms with Gasteiger partial charge in [-0.15, -0.1) is 0 Å². The molecule has 0 atom stereocenters. The molecule has 0 spiro atoms. The molecule has 1 aromatic carbocycles. The van der Waals surface area contributed by atoms with Crippen molar-refractivity contribution < 1.29 is 0 Å². The molecule has 2 aromatic rings. The van der Waals surface area contributed by atoms with Crippen LogP contribution in [-0.4, -0.2) is 9.78 Å². The van der Waals surface area contributed by atoms with Crippen LogP contribution in [0.5, 0.6) is 0 Å². The van der Waals surface area contributed by atoms with Crippen molar-refractivity contribution in [3.8, 4) is 0 Å². The molecule has 2 rings (SSSR count). The summed E-state index contributed by atoms with van der Waals surface area (Å²) in [4.78, 5) is 0. The first-order valence-electron chi connectivity index (χ1n) is 7.81. The van der Waals surface area contributed by atoms with Crippen LogP contribution in [0.2, 0.25) is 0 Å². The normalized spacial score (nSPS) is 11.3. The Hall–Kier alpha value is -1.31. The highest BCUT2D eigenvalue weighted by atomic mass is 15.3. The minimum atomic E-state index is 1.06. The maximum atomic E-state index is 4.85. The van der Waals surface area contributed by atoms with Crippen molar-refractivity contribution in [2.75, 3.05) is 0 Å². The van der Waals surface area contributed by atoms with E-state index in [2.05, 4.69) is 42.8 Å². The van der Waals surface area contributed by atoms with E-state index in [0.29, 0.717) is 0 Å². The first kappa shape index (κ1) is 14.1. The predicted octanol–water partition coefficient (Wildman–Crippen LogP) is 4.96. The van der Waals surface area contributed by atoms with Gasteiger partial charge in [0.2, 0.25) is 0 Å². The number of aryl methyl sites for hydroxylation is 2. The maximum absolute atomic E-state index is 4.85. The van der Waals surface area contributed by atoms with Crippen molar-refractivity contribution in [2.45, 2.75) is 65.3 Å². The number of hydrogen-bond donors (Lipinski definition) is 0. The Balaban J connectivity index is 2.16. The van der Waals surface area contributed by atoms with Crippen LogP contribution >= 0.6 is 0 Å². The van der Waals surface area contributed by atoms with Gasteiger partial charge >= 0.3 is 0 Å². The van der Waals surface area contributed by atoms with Gasteiger partial charge in [-0.2, -0.15) is 5.10 Å². The molecule has 104 valence electrons. The maximum Gasteiger partial charge on any atom is 0.0703 e. The number of benzene rings is 1. The van der Waals surface area contributed by atoms with E-state index in [0.717, 1.165) is 13.0 Å². The Morgan fingerprint density at radius 1 is 0.947 bits per heavy atom. The van der Waals surface area contributed by atoms with E-state index in [-0.39, 0.29) is 0 Å². The second-order valence-electron chi connectivity index (χ2n) is 5.35. The number of hydrogen-bond acceptors (Lipinski definition) is 1. The van der Waals surface area contributed by atoms with E-state index in [1.54, 1.807) is 0 Å². The summed E-state index contributed by atoms with van der Waals surface area (Å²) in [6.45, 7) is 5.56. The van der Waals surface area contributed by atoms with Gasteiger partial charge in [0.25, 0.3) is 0 Å². The zero-order valence-corrected chi connectivity index (χ0v) is 12.4. The third kappa shape index (κ3) is 3.59. The average Bonchev–Trinajstić information content (AvgIpc) is 2.79. The summed E-state index contributed by atoms with van der Waals surface area (Å²) >= 11 is 0. The number of fused-ring (bicyclic) bond motifs is 1. The van der Waals surface area contributed by atoms with E-state index in [4.69, 9.17) is 5.10 Å². The molecule has 19 heavy (non-hydrogen) atoms. The summed E-state index contributed by atoms with van der Waals surface area (Å²) in [5.41, 5.74) is 2.60. The summed E-state index contributed by atoms with van der Waals surface area (Å²) in [6, 6.07) is 8.68. The first-order valence-corrected chi connectivity index (χ1v) is 7.81. The number of nitrogens with zero attached hydrogens (tertiary/aromatic N) is 2. The van der Waals surface area contributed by atoms with Crippen LogP contribution < -0.4 is 0 Å². The smallest absolute Gasteiger partial charge is 0.0703 e. The van der Waals surface area contributed by atoms with Gasteiger partial charge in [-0.3, -0.25) is 4.68 Å². The lowest BCUT2D eigenvalue weighted by Crippen LogP contribution is -2.00. The van der Waals surface area contributed by atoms with E-state index >= 15 is 0 Å². The van der Waals surface area contributed by atoms with Crippen LogP contribution in [0.4, 0.5) is 0 Å². The van der Waals surface area contributed by atoms with Crippen molar-refractivity contribution in [2.24, 2.45) is 0 Å². The molecular weight excluding hydrogens is 232 g/mol. The molecule has 0 aliphatic heterocycles. The number of unbranched alkanes of at least 4 members (excludes halogenated alkanes) is 4. The van der Waals surface area contributed by atoms with Crippen LogP contribution in [-0.2, 0) is 13.0 Å². The van der Waals surface area contributed by atoms with E-state index in [1.165, 1.54) is 55.1 Å². The molecule has 0 amide bonds. The van der Waals surface area contributed by atoms with Gasteiger partial charge in [0.05, 0.1) is 11.2 Å². The molecule has 1 aromatic heterocycles. The van der Waals surface area contributed by atoms with Gasteiger partial charge in [0.1, 0.15) is 0 Å². The fraction of sp³-hybridized carbons (Fsp3) is 0.588. The molecule has 0 saturated carbocycles. The topological polar surface area (TPSA) is 17.8 Å². The number of rotatable bonds is 8. The van der Waals surface area contributed by atoms with Crippen molar-refractivity contribution in [3.63, 3.8) is 0 Å². The van der Waals surface area contributed by atoms with Gasteiger partial charge in [-0.1, -0.05) is 57.7 Å². The minimum absolute atomic E-state index is 1.06. The Morgan fingerprint density at radius 2 is 1.68 bits per heavy atom. The molecule has 0 N–H and O–H groups in total. The molecular formula is C17H26N2. The Morgan fingerprint density at radius 3 is 2.47 bits per heavy atom. The van der Waals surface area contributed by atoms with Crippen LogP contribution in [0, 0.1) is 0 Å². The van der Waals surface area contributed by atoms with Crippen LogP contribution in [0.1, 0.15) is 58.1 Å². The molecule has 0 unspecified atom stereocenters. The second kappa shape index (κ2) is 7.32. The molecule has 0 bridgehead atoms. The molecule has 0 fully saturated rings. The molecule has 2 nitrogen and oxygen atoms in total. The lowest BCUT2D eigenvalue weighted by molar-refractivity contribution is 0.559. The Kier molecular flexibility index (Phi) is 5.44. The van der Waals surface area contributed by atoms with Crippen molar-refractivity contribution in [1.29, 1.82) is 0 Å². The van der Waals surface area contributed by atoms with Gasteiger partial charge in [-0.25, -0.2) is 0 Å². The standard InChI is InChI=1S/C17H26N2/c1-3-5-7-12-16-15-11-8-9-13-17(15)19(18-16)14-10-6-4-2/h8-9,11,13H,3-7,10,12,14H2,1-2H3. The molecule has 1 heterocycles. The molecule has 0 saturated heterocycles. The fourth-order valence-electron chi connectivity index (χ4n) is 2.61. The summed E-state index contributed by atoms with van der Waals surface area (Å²) in [7, 11) is 0. The lowest BCUT2D eigenvalue weighted by atomic mass is 10.1. The largest absolute Gasteiger partial charge is 0.265 e.